The van der Waals surface area contributed by atoms with Crippen molar-refractivity contribution in [3.05, 3.63) is 11.8 Å². The predicted octanol–water partition coefficient (Wildman–Crippen LogP) is 1.50. The summed E-state index contributed by atoms with van der Waals surface area (Å²) in [6, 6.07) is 0. The van der Waals surface area contributed by atoms with E-state index in [0.29, 0.717) is 0 Å². The van der Waals surface area contributed by atoms with Crippen LogP contribution in [0.25, 0.3) is 0 Å². The van der Waals surface area contributed by atoms with Crippen molar-refractivity contribution in [1.29, 1.82) is 0 Å². The fourth-order valence-electron chi connectivity index (χ4n) is 0.468. The third kappa shape index (κ3) is 2.90. The van der Waals surface area contributed by atoms with Gasteiger partial charge < -0.3 is 4.90 Å². The summed E-state index contributed by atoms with van der Waals surface area (Å²) >= 11 is 0. The van der Waals surface area contributed by atoms with Crippen LogP contribution in [0.1, 0.15) is 13.8 Å². The van der Waals surface area contributed by atoms with Gasteiger partial charge in [-0.15, -0.1) is 0 Å². The maximum atomic E-state index is 3.86. The zero-order valence-corrected chi connectivity index (χ0v) is 6.55. The number of allylic oxidation sites excluding steroid dienone is 2. The predicted molar refractivity (Wildman–Crippen MR) is 41.6 cm³/mol. The molecule has 52 valence electrons. The summed E-state index contributed by atoms with van der Waals surface area (Å²) in [6.07, 6.45) is 3.83. The Balaban J connectivity index is 3.88. The lowest BCUT2D eigenvalue weighted by Gasteiger charge is -2.11. The molecule has 0 saturated heterocycles. The summed E-state index contributed by atoms with van der Waals surface area (Å²) in [7, 11) is 3.74. The normalized spacial score (nSPS) is 12.7. The van der Waals surface area contributed by atoms with E-state index in [1.807, 2.05) is 31.9 Å². The van der Waals surface area contributed by atoms with Gasteiger partial charge in [-0.3, -0.25) is 4.99 Å². The van der Waals surface area contributed by atoms with Crippen LogP contribution in [0.4, 0.5) is 0 Å². The zero-order valence-electron chi connectivity index (χ0n) is 6.55. The minimum absolute atomic E-state index is 1.21. The number of nitrogens with zero attached hydrogens (tertiary/aromatic N) is 2. The van der Waals surface area contributed by atoms with E-state index in [-0.39, 0.29) is 0 Å². The van der Waals surface area contributed by atoms with Crippen LogP contribution in [0.2, 0.25) is 0 Å². The molecule has 0 N–H and O–H groups in total. The quantitative estimate of drug-likeness (QED) is 0.404. The van der Waals surface area contributed by atoms with Crippen molar-refractivity contribution in [3.63, 3.8) is 0 Å². The van der Waals surface area contributed by atoms with Crippen LogP contribution < -0.4 is 0 Å². The van der Waals surface area contributed by atoms with Gasteiger partial charge in [0.15, 0.2) is 0 Å². The van der Waals surface area contributed by atoms with Crippen molar-refractivity contribution in [2.45, 2.75) is 13.8 Å². The average Bonchev–Trinajstić information content (AvgIpc) is 1.87. The fourth-order valence-corrected chi connectivity index (χ4v) is 0.468. The molecule has 0 atom stereocenters. The molecule has 0 radical (unpaired) electrons. The molecule has 0 aromatic heterocycles. The van der Waals surface area contributed by atoms with Crippen LogP contribution in [0.5, 0.6) is 0 Å². The fraction of sp³-hybridized carbons (Fsp3) is 0.571. The number of rotatable bonds is 2. The van der Waals surface area contributed by atoms with Crippen LogP contribution in [0.15, 0.2) is 16.8 Å². The first-order chi connectivity index (χ1) is 4.22. The molecule has 0 bridgehead atoms. The molecule has 0 aliphatic carbocycles. The highest BCUT2D eigenvalue weighted by Gasteiger charge is 1.88. The second-order valence-electron chi connectivity index (χ2n) is 1.91. The van der Waals surface area contributed by atoms with Gasteiger partial charge in [0.1, 0.15) is 0 Å². The lowest BCUT2D eigenvalue weighted by molar-refractivity contribution is 0.643. The van der Waals surface area contributed by atoms with Crippen molar-refractivity contribution in [2.75, 3.05) is 14.1 Å². The SMILES string of the molecule is C/C=C(\C)N(C)/C=N/C. The Morgan fingerprint density at radius 3 is 2.44 bits per heavy atom. The third-order valence-corrected chi connectivity index (χ3v) is 1.26. The minimum Gasteiger partial charge on any atom is -0.340 e. The van der Waals surface area contributed by atoms with Gasteiger partial charge in [0, 0.05) is 19.8 Å². The topological polar surface area (TPSA) is 15.6 Å². The second-order valence-corrected chi connectivity index (χ2v) is 1.91. The van der Waals surface area contributed by atoms with Crippen LogP contribution in [-0.2, 0) is 0 Å². The summed E-state index contributed by atoms with van der Waals surface area (Å²) in [5.41, 5.74) is 1.21. The van der Waals surface area contributed by atoms with Crippen LogP contribution in [0, 0.1) is 0 Å². The summed E-state index contributed by atoms with van der Waals surface area (Å²) in [5.74, 6) is 0. The van der Waals surface area contributed by atoms with E-state index in [2.05, 4.69) is 4.99 Å². The molecule has 0 amide bonds. The molecule has 2 nitrogen and oxygen atoms in total. The molecule has 9 heavy (non-hydrogen) atoms. The molecule has 0 fully saturated rings. The highest BCUT2D eigenvalue weighted by molar-refractivity contribution is 5.56. The van der Waals surface area contributed by atoms with Gasteiger partial charge in [-0.25, -0.2) is 0 Å². The first kappa shape index (κ1) is 8.21. The maximum Gasteiger partial charge on any atom is 0.0885 e. The van der Waals surface area contributed by atoms with Gasteiger partial charge in [-0.05, 0) is 13.8 Å². The van der Waals surface area contributed by atoms with Gasteiger partial charge in [0.2, 0.25) is 0 Å². The van der Waals surface area contributed by atoms with E-state index in [1.54, 1.807) is 13.4 Å². The Labute approximate surface area is 56.9 Å². The zero-order chi connectivity index (χ0) is 7.28. The summed E-state index contributed by atoms with van der Waals surface area (Å²) in [5, 5.41) is 0. The molecular formula is C7H14N2. The van der Waals surface area contributed by atoms with Crippen LogP contribution >= 0.6 is 0 Å². The minimum atomic E-state index is 1.21. The molecule has 2 heteroatoms. The number of aliphatic imine (C=N–C) groups is 1. The molecular weight excluding hydrogens is 112 g/mol. The largest absolute Gasteiger partial charge is 0.340 e. The first-order valence-corrected chi connectivity index (χ1v) is 3.00. The first-order valence-electron chi connectivity index (χ1n) is 3.00. The molecule has 0 unspecified atom stereocenters. The Hall–Kier alpha value is -0.790. The average molecular weight is 126 g/mol. The van der Waals surface area contributed by atoms with Crippen LogP contribution in [-0.4, -0.2) is 25.3 Å². The van der Waals surface area contributed by atoms with Gasteiger partial charge in [-0.2, -0.15) is 0 Å². The van der Waals surface area contributed by atoms with Crippen molar-refractivity contribution in [1.82, 2.24) is 4.90 Å². The van der Waals surface area contributed by atoms with E-state index in [9.17, 15) is 0 Å². The standard InChI is InChI=1S/C7H14N2/c1-5-7(2)9(4)6-8-3/h5-6H,1-4H3/b7-5+,8-6+. The molecule has 0 aromatic rings. The summed E-state index contributed by atoms with van der Waals surface area (Å²) in [4.78, 5) is 5.84. The monoisotopic (exact) mass is 126 g/mol. The Morgan fingerprint density at radius 2 is 2.11 bits per heavy atom. The van der Waals surface area contributed by atoms with Gasteiger partial charge in [-0.1, -0.05) is 6.08 Å². The lowest BCUT2D eigenvalue weighted by Crippen LogP contribution is -2.12. The van der Waals surface area contributed by atoms with E-state index in [1.165, 1.54) is 5.70 Å². The third-order valence-electron chi connectivity index (χ3n) is 1.26. The van der Waals surface area contributed by atoms with E-state index in [0.717, 1.165) is 0 Å². The van der Waals surface area contributed by atoms with Gasteiger partial charge in [0.25, 0.3) is 0 Å². The summed E-state index contributed by atoms with van der Waals surface area (Å²) in [6.45, 7) is 4.05. The van der Waals surface area contributed by atoms with E-state index >= 15 is 0 Å². The van der Waals surface area contributed by atoms with Gasteiger partial charge >= 0.3 is 0 Å². The highest BCUT2D eigenvalue weighted by Crippen LogP contribution is 1.94. The van der Waals surface area contributed by atoms with E-state index < -0.39 is 0 Å². The Kier molecular flexibility index (Phi) is 3.76. The van der Waals surface area contributed by atoms with E-state index in [4.69, 9.17) is 0 Å². The Bertz CT molecular complexity index is 125. The van der Waals surface area contributed by atoms with Crippen molar-refractivity contribution >= 4 is 6.34 Å². The second kappa shape index (κ2) is 4.13. The number of hydrogen-bond acceptors (Lipinski definition) is 1. The smallest absolute Gasteiger partial charge is 0.0885 e. The molecule has 0 spiro atoms. The van der Waals surface area contributed by atoms with Gasteiger partial charge in [0.05, 0.1) is 6.34 Å². The molecule has 0 heterocycles. The van der Waals surface area contributed by atoms with Crippen molar-refractivity contribution in [3.8, 4) is 0 Å². The van der Waals surface area contributed by atoms with Crippen molar-refractivity contribution < 1.29 is 0 Å². The molecule has 0 aromatic carbocycles. The molecule has 0 saturated carbocycles. The molecule has 0 aliphatic heterocycles. The van der Waals surface area contributed by atoms with Crippen LogP contribution in [0.3, 0.4) is 0 Å². The molecule has 0 aliphatic rings. The lowest BCUT2D eigenvalue weighted by atomic mass is 10.4. The Morgan fingerprint density at radius 1 is 1.56 bits per heavy atom. The summed E-state index contributed by atoms with van der Waals surface area (Å²) < 4.78 is 0. The molecule has 0 rings (SSSR count). The maximum absolute atomic E-state index is 3.86. The number of hydrogen-bond donors (Lipinski definition) is 0. The van der Waals surface area contributed by atoms with Crippen molar-refractivity contribution in [2.24, 2.45) is 4.99 Å². The highest BCUT2D eigenvalue weighted by atomic mass is 15.1.